The maximum absolute atomic E-state index is 13.5. The number of carbonyl (C=O) groups is 1. The Labute approximate surface area is 247 Å². The lowest BCUT2D eigenvalue weighted by Gasteiger charge is -2.34. The van der Waals surface area contributed by atoms with Crippen molar-refractivity contribution >= 4 is 15.9 Å². The number of ether oxygens (including phenoxy) is 1. The lowest BCUT2D eigenvalue weighted by Crippen LogP contribution is -2.50. The van der Waals surface area contributed by atoms with Gasteiger partial charge in [0.2, 0.25) is 10.0 Å². The monoisotopic (exact) mass is 602 g/mol. The van der Waals surface area contributed by atoms with Crippen molar-refractivity contribution in [1.29, 1.82) is 5.26 Å². The van der Waals surface area contributed by atoms with E-state index in [-0.39, 0.29) is 48.1 Å². The molecule has 2 heterocycles. The Morgan fingerprint density at radius 1 is 0.977 bits per heavy atom. The van der Waals surface area contributed by atoms with E-state index in [1.165, 1.54) is 63.8 Å². The second-order valence-corrected chi connectivity index (χ2v) is 11.7. The third-order valence-corrected chi connectivity index (χ3v) is 8.85. The molecule has 1 aliphatic rings. The van der Waals surface area contributed by atoms with Crippen molar-refractivity contribution < 1.29 is 32.6 Å². The molecule has 0 aliphatic carbocycles. The first-order valence-electron chi connectivity index (χ1n) is 13.3. The average molecular weight is 603 g/mol. The fourth-order valence-electron chi connectivity index (χ4n) is 4.61. The van der Waals surface area contributed by atoms with Gasteiger partial charge in [-0.15, -0.1) is 0 Å². The number of aliphatic hydroxyl groups excluding tert-OH is 2. The Hall–Kier alpha value is -4.67. The summed E-state index contributed by atoms with van der Waals surface area (Å²) in [5.74, 6) is 0.119. The number of hydrogen-bond acceptors (Lipinski definition) is 8. The molecule has 1 aromatic heterocycles. The molecule has 1 fully saturated rings. The molecule has 5 rings (SSSR count). The molecule has 0 spiro atoms. The molecule has 220 valence electrons. The van der Waals surface area contributed by atoms with Gasteiger partial charge in [0.15, 0.2) is 0 Å². The predicted molar refractivity (Wildman–Crippen MR) is 154 cm³/mol. The molecular weight excluding hydrogens is 575 g/mol. The summed E-state index contributed by atoms with van der Waals surface area (Å²) in [7, 11) is -3.86. The Bertz CT molecular complexity index is 1770. The van der Waals surface area contributed by atoms with Gasteiger partial charge in [0.1, 0.15) is 29.1 Å². The Kier molecular flexibility index (Phi) is 8.79. The Morgan fingerprint density at radius 3 is 2.26 bits per heavy atom. The third-order valence-electron chi connectivity index (χ3n) is 6.95. The molecule has 0 radical (unpaired) electrons. The zero-order valence-electron chi connectivity index (χ0n) is 22.8. The molecule has 3 aromatic carbocycles. The van der Waals surface area contributed by atoms with Crippen LogP contribution in [0.25, 0.3) is 11.3 Å². The number of rotatable bonds is 8. The predicted octanol–water partition coefficient (Wildman–Crippen LogP) is 3.72. The third kappa shape index (κ3) is 6.71. The zero-order valence-corrected chi connectivity index (χ0v) is 23.6. The van der Waals surface area contributed by atoms with E-state index in [9.17, 15) is 27.8 Å². The van der Waals surface area contributed by atoms with E-state index in [1.54, 1.807) is 30.3 Å². The fraction of sp³-hybridized carbons (Fsp3) is 0.194. The fourth-order valence-corrected chi connectivity index (χ4v) is 6.08. The lowest BCUT2D eigenvalue weighted by molar-refractivity contribution is 0.0690. The first-order chi connectivity index (χ1) is 20.7. The largest absolute Gasteiger partial charge is 0.457 e. The van der Waals surface area contributed by atoms with Crippen LogP contribution in [0.4, 0.5) is 4.39 Å². The number of nitrogens with zero attached hydrogens (tertiary/aromatic N) is 4. The minimum absolute atomic E-state index is 0.0115. The van der Waals surface area contributed by atoms with Gasteiger partial charge in [-0.05, 0) is 84.4 Å². The van der Waals surface area contributed by atoms with Crippen LogP contribution in [0, 0.1) is 17.1 Å². The van der Waals surface area contributed by atoms with Crippen molar-refractivity contribution in [3.05, 3.63) is 108 Å². The highest BCUT2D eigenvalue weighted by molar-refractivity contribution is 7.89. The molecule has 0 bridgehead atoms. The van der Waals surface area contributed by atoms with Crippen LogP contribution in [0.1, 0.15) is 27.7 Å². The van der Waals surface area contributed by atoms with Crippen molar-refractivity contribution in [1.82, 2.24) is 14.2 Å². The Balaban J connectivity index is 1.33. The summed E-state index contributed by atoms with van der Waals surface area (Å²) in [6, 6.07) is 23.1. The minimum Gasteiger partial charge on any atom is -0.457 e. The van der Waals surface area contributed by atoms with E-state index in [1.807, 2.05) is 6.07 Å². The number of piperazine rings is 1. The molecule has 2 N–H and O–H groups in total. The summed E-state index contributed by atoms with van der Waals surface area (Å²) >= 11 is 0. The average Bonchev–Trinajstić information content (AvgIpc) is 3.05. The van der Waals surface area contributed by atoms with E-state index >= 15 is 0 Å². The van der Waals surface area contributed by atoms with Crippen molar-refractivity contribution in [3.63, 3.8) is 0 Å². The van der Waals surface area contributed by atoms with Gasteiger partial charge < -0.3 is 19.8 Å². The number of aliphatic hydroxyl groups is 2. The van der Waals surface area contributed by atoms with Gasteiger partial charge in [-0.25, -0.2) is 17.8 Å². The van der Waals surface area contributed by atoms with Crippen molar-refractivity contribution in [2.24, 2.45) is 0 Å². The maximum Gasteiger partial charge on any atom is 0.272 e. The van der Waals surface area contributed by atoms with E-state index in [0.29, 0.717) is 28.3 Å². The number of benzene rings is 3. The van der Waals surface area contributed by atoms with Gasteiger partial charge in [0.25, 0.3) is 5.91 Å². The summed E-state index contributed by atoms with van der Waals surface area (Å²) in [5, 5.41) is 29.1. The molecule has 10 nitrogen and oxygen atoms in total. The van der Waals surface area contributed by atoms with Gasteiger partial charge in [0.05, 0.1) is 28.8 Å². The molecule has 1 amide bonds. The summed E-state index contributed by atoms with van der Waals surface area (Å²) < 4.78 is 46.4. The smallest absolute Gasteiger partial charge is 0.272 e. The highest BCUT2D eigenvalue weighted by Gasteiger charge is 2.31. The highest BCUT2D eigenvalue weighted by Crippen LogP contribution is 2.28. The van der Waals surface area contributed by atoms with Crippen LogP contribution < -0.4 is 4.74 Å². The first kappa shape index (κ1) is 29.8. The van der Waals surface area contributed by atoms with Gasteiger partial charge >= 0.3 is 0 Å². The molecule has 1 aliphatic heterocycles. The molecule has 4 aromatic rings. The van der Waals surface area contributed by atoms with E-state index < -0.39 is 28.6 Å². The summed E-state index contributed by atoms with van der Waals surface area (Å²) in [4.78, 5) is 19.5. The summed E-state index contributed by atoms with van der Waals surface area (Å²) in [5.41, 5.74) is 1.55. The van der Waals surface area contributed by atoms with E-state index in [4.69, 9.17) is 10.00 Å². The van der Waals surface area contributed by atoms with Crippen LogP contribution in [0.5, 0.6) is 11.5 Å². The second-order valence-electron chi connectivity index (χ2n) is 9.79. The Morgan fingerprint density at radius 2 is 1.63 bits per heavy atom. The number of sulfonamides is 1. The molecular formula is C31H27FN4O6S. The molecule has 1 atom stereocenters. The van der Waals surface area contributed by atoms with Gasteiger partial charge in [-0.2, -0.15) is 9.57 Å². The van der Waals surface area contributed by atoms with Crippen LogP contribution in [-0.4, -0.2) is 71.5 Å². The van der Waals surface area contributed by atoms with Crippen molar-refractivity contribution in [2.45, 2.75) is 11.0 Å². The number of hydrogen-bond donors (Lipinski definition) is 2. The number of carbonyl (C=O) groups excluding carboxylic acids is 1. The molecule has 0 saturated carbocycles. The normalized spacial score (nSPS) is 14.6. The SMILES string of the molecule is N#Cc1cccc(S(=O)(=O)N2CCN(C(=O)c3cc([C@H](O)CO)cc(-c4ccc(Oc5ccc(F)cc5)cc4)n3)CC2)c1. The quantitative estimate of drug-likeness (QED) is 0.311. The van der Waals surface area contributed by atoms with E-state index in [2.05, 4.69) is 4.98 Å². The van der Waals surface area contributed by atoms with E-state index in [0.717, 1.165) is 0 Å². The topological polar surface area (TPSA) is 144 Å². The molecule has 1 saturated heterocycles. The number of aromatic nitrogens is 1. The summed E-state index contributed by atoms with van der Waals surface area (Å²) in [6.45, 7) is -0.256. The zero-order chi connectivity index (χ0) is 30.6. The summed E-state index contributed by atoms with van der Waals surface area (Å²) in [6.07, 6.45) is -1.25. The number of amides is 1. The molecule has 0 unspecified atom stereocenters. The van der Waals surface area contributed by atoms with Gasteiger partial charge in [-0.1, -0.05) is 6.07 Å². The second kappa shape index (κ2) is 12.7. The highest BCUT2D eigenvalue weighted by atomic mass is 32.2. The van der Waals surface area contributed by atoms with Gasteiger partial charge in [0, 0.05) is 31.7 Å². The number of pyridine rings is 1. The molecule has 12 heteroatoms. The standard InChI is InChI=1S/C31H27FN4O6S/c32-24-6-10-26(11-7-24)42-25-8-4-22(5-9-25)28-17-23(30(38)20-37)18-29(34-28)31(39)35-12-14-36(15-13-35)43(40,41)27-3-1-2-21(16-27)19-33/h1-11,16-18,30,37-38H,12-15,20H2/t30-/m1/s1. The van der Waals surface area contributed by atoms with Crippen LogP contribution in [0.2, 0.25) is 0 Å². The van der Waals surface area contributed by atoms with Crippen LogP contribution in [0.3, 0.4) is 0 Å². The number of halogens is 1. The lowest BCUT2D eigenvalue weighted by atomic mass is 10.0. The molecule has 43 heavy (non-hydrogen) atoms. The minimum atomic E-state index is -3.86. The van der Waals surface area contributed by atoms with Crippen LogP contribution in [0.15, 0.2) is 89.8 Å². The van der Waals surface area contributed by atoms with Crippen molar-refractivity contribution in [3.8, 4) is 28.8 Å². The van der Waals surface area contributed by atoms with Crippen molar-refractivity contribution in [2.75, 3.05) is 32.8 Å². The van der Waals surface area contributed by atoms with Crippen LogP contribution in [-0.2, 0) is 10.0 Å². The van der Waals surface area contributed by atoms with Gasteiger partial charge in [-0.3, -0.25) is 4.79 Å². The first-order valence-corrected chi connectivity index (χ1v) is 14.8. The maximum atomic E-state index is 13.5. The number of nitriles is 1. The van der Waals surface area contributed by atoms with Crippen LogP contribution >= 0.6 is 0 Å².